The monoisotopic (exact) mass is 366 g/mol. The summed E-state index contributed by atoms with van der Waals surface area (Å²) in [5.41, 5.74) is -3.60. The number of amides is 1. The SMILES string of the molecule is CCCC(=O)NC(Nc1ccccc1Cl)(C(=O)OCC)C(F)(F)F. The maximum atomic E-state index is 13.7. The summed E-state index contributed by atoms with van der Waals surface area (Å²) >= 11 is 5.87. The third-order valence-corrected chi connectivity index (χ3v) is 3.34. The van der Waals surface area contributed by atoms with Crippen LogP contribution in [0, 0.1) is 0 Å². The lowest BCUT2D eigenvalue weighted by Gasteiger charge is -2.35. The number of hydrogen-bond acceptors (Lipinski definition) is 4. The Labute approximate surface area is 142 Å². The number of benzene rings is 1. The van der Waals surface area contributed by atoms with Crippen LogP contribution in [0.25, 0.3) is 0 Å². The molecule has 1 amide bonds. The van der Waals surface area contributed by atoms with Crippen molar-refractivity contribution in [2.75, 3.05) is 11.9 Å². The van der Waals surface area contributed by atoms with E-state index in [4.69, 9.17) is 11.6 Å². The van der Waals surface area contributed by atoms with Gasteiger partial charge in [0.05, 0.1) is 17.3 Å². The first-order valence-corrected chi connectivity index (χ1v) is 7.63. The van der Waals surface area contributed by atoms with Crippen molar-refractivity contribution in [2.45, 2.75) is 38.5 Å². The molecule has 1 rings (SSSR count). The van der Waals surface area contributed by atoms with Crippen LogP contribution < -0.4 is 10.6 Å². The van der Waals surface area contributed by atoms with E-state index in [9.17, 15) is 22.8 Å². The number of carbonyl (C=O) groups excluding carboxylic acids is 2. The molecule has 0 aliphatic rings. The molecule has 134 valence electrons. The Hall–Kier alpha value is -1.96. The highest BCUT2D eigenvalue weighted by Crippen LogP contribution is 2.35. The highest BCUT2D eigenvalue weighted by atomic mass is 35.5. The lowest BCUT2D eigenvalue weighted by molar-refractivity contribution is -0.207. The number of nitrogens with one attached hydrogen (secondary N) is 2. The third kappa shape index (κ3) is 4.53. The third-order valence-electron chi connectivity index (χ3n) is 3.01. The summed E-state index contributed by atoms with van der Waals surface area (Å²) in [5, 5.41) is 3.69. The minimum atomic E-state index is -5.16. The number of para-hydroxylation sites is 1. The maximum absolute atomic E-state index is 13.7. The Morgan fingerprint density at radius 3 is 2.33 bits per heavy atom. The minimum Gasteiger partial charge on any atom is -0.463 e. The highest BCUT2D eigenvalue weighted by Gasteiger charge is 2.63. The highest BCUT2D eigenvalue weighted by molar-refractivity contribution is 6.33. The van der Waals surface area contributed by atoms with E-state index in [0.717, 1.165) is 0 Å². The maximum Gasteiger partial charge on any atom is 0.441 e. The fraction of sp³-hybridized carbons (Fsp3) is 0.467. The van der Waals surface area contributed by atoms with Gasteiger partial charge in [-0.1, -0.05) is 30.7 Å². The van der Waals surface area contributed by atoms with Gasteiger partial charge in [-0.05, 0) is 25.5 Å². The molecule has 0 heterocycles. The van der Waals surface area contributed by atoms with E-state index in [0.29, 0.717) is 6.42 Å². The van der Waals surface area contributed by atoms with E-state index in [1.165, 1.54) is 31.2 Å². The number of halogens is 4. The summed E-state index contributed by atoms with van der Waals surface area (Å²) < 4.78 is 45.8. The zero-order valence-electron chi connectivity index (χ0n) is 13.2. The van der Waals surface area contributed by atoms with Gasteiger partial charge in [0.1, 0.15) is 0 Å². The van der Waals surface area contributed by atoms with Crippen molar-refractivity contribution < 1.29 is 27.5 Å². The minimum absolute atomic E-state index is 0.0415. The second kappa shape index (κ2) is 8.23. The van der Waals surface area contributed by atoms with Gasteiger partial charge in [-0.2, -0.15) is 13.2 Å². The van der Waals surface area contributed by atoms with E-state index in [-0.39, 0.29) is 23.7 Å². The molecule has 1 aromatic carbocycles. The molecule has 0 aromatic heterocycles. The summed E-state index contributed by atoms with van der Waals surface area (Å²) in [7, 11) is 0. The van der Waals surface area contributed by atoms with E-state index in [1.54, 1.807) is 12.2 Å². The number of rotatable bonds is 7. The average Bonchev–Trinajstić information content (AvgIpc) is 2.48. The predicted molar refractivity (Wildman–Crippen MR) is 83.5 cm³/mol. The largest absolute Gasteiger partial charge is 0.463 e. The summed E-state index contributed by atoms with van der Waals surface area (Å²) in [5.74, 6) is -2.61. The molecule has 9 heteroatoms. The smallest absolute Gasteiger partial charge is 0.441 e. The zero-order chi connectivity index (χ0) is 18.4. The van der Waals surface area contributed by atoms with Gasteiger partial charge in [-0.15, -0.1) is 0 Å². The first kappa shape index (κ1) is 20.1. The second-order valence-corrected chi connectivity index (χ2v) is 5.28. The quantitative estimate of drug-likeness (QED) is 0.572. The van der Waals surface area contributed by atoms with Gasteiger partial charge in [0.15, 0.2) is 0 Å². The van der Waals surface area contributed by atoms with Crippen LogP contribution in [0.4, 0.5) is 18.9 Å². The molecule has 1 atom stereocenters. The van der Waals surface area contributed by atoms with Crippen molar-refractivity contribution in [1.29, 1.82) is 0 Å². The summed E-state index contributed by atoms with van der Waals surface area (Å²) in [6.45, 7) is 2.70. The number of carbonyl (C=O) groups is 2. The van der Waals surface area contributed by atoms with E-state index in [2.05, 4.69) is 4.74 Å². The molecule has 0 saturated heterocycles. The molecule has 0 aliphatic heterocycles. The first-order valence-electron chi connectivity index (χ1n) is 7.25. The number of esters is 1. The van der Waals surface area contributed by atoms with Gasteiger partial charge < -0.3 is 15.4 Å². The lowest BCUT2D eigenvalue weighted by atomic mass is 10.1. The van der Waals surface area contributed by atoms with Gasteiger partial charge in [0.25, 0.3) is 0 Å². The zero-order valence-corrected chi connectivity index (χ0v) is 13.9. The molecule has 0 aliphatic carbocycles. The average molecular weight is 367 g/mol. The molecule has 0 saturated carbocycles. The van der Waals surface area contributed by atoms with Crippen molar-refractivity contribution in [2.24, 2.45) is 0 Å². The topological polar surface area (TPSA) is 67.4 Å². The fourth-order valence-corrected chi connectivity index (χ4v) is 2.08. The van der Waals surface area contributed by atoms with Crippen LogP contribution in [0.1, 0.15) is 26.7 Å². The van der Waals surface area contributed by atoms with E-state index in [1.807, 2.05) is 5.32 Å². The second-order valence-electron chi connectivity index (χ2n) is 4.87. The molecule has 1 aromatic rings. The lowest BCUT2D eigenvalue weighted by Crippen LogP contribution is -2.69. The van der Waals surface area contributed by atoms with Gasteiger partial charge in [-0.3, -0.25) is 4.79 Å². The first-order chi connectivity index (χ1) is 11.2. The summed E-state index contributed by atoms with van der Waals surface area (Å²) in [6.07, 6.45) is -5.03. The van der Waals surface area contributed by atoms with Crippen molar-refractivity contribution >= 4 is 29.2 Å². The van der Waals surface area contributed by atoms with Gasteiger partial charge in [-0.25, -0.2) is 4.79 Å². The van der Waals surface area contributed by atoms with Gasteiger partial charge >= 0.3 is 17.8 Å². The fourth-order valence-electron chi connectivity index (χ4n) is 1.89. The van der Waals surface area contributed by atoms with Crippen LogP contribution in [0.3, 0.4) is 0 Å². The molecule has 0 spiro atoms. The molecule has 0 radical (unpaired) electrons. The van der Waals surface area contributed by atoms with Crippen LogP contribution in [0.2, 0.25) is 5.02 Å². The Kier molecular flexibility index (Phi) is 6.89. The number of anilines is 1. The van der Waals surface area contributed by atoms with Gasteiger partial charge in [0.2, 0.25) is 5.91 Å². The standard InChI is InChI=1S/C15H18ClF3N2O3/c1-3-7-12(22)21-14(15(17,18)19,13(23)24-4-2)20-11-9-6-5-8-10(11)16/h5-6,8-9,20H,3-4,7H2,1-2H3,(H,21,22). The molecule has 1 unspecified atom stereocenters. The Morgan fingerprint density at radius 2 is 1.83 bits per heavy atom. The Morgan fingerprint density at radius 1 is 1.21 bits per heavy atom. The van der Waals surface area contributed by atoms with Crippen molar-refractivity contribution in [3.8, 4) is 0 Å². The van der Waals surface area contributed by atoms with Crippen LogP contribution in [0.15, 0.2) is 24.3 Å². The molecular formula is C15H18ClF3N2O3. The molecule has 5 nitrogen and oxygen atoms in total. The van der Waals surface area contributed by atoms with Gasteiger partial charge in [0, 0.05) is 6.42 Å². The Balaban J connectivity index is 3.37. The predicted octanol–water partition coefficient (Wildman–Crippen LogP) is 3.49. The van der Waals surface area contributed by atoms with Crippen molar-refractivity contribution in [3.63, 3.8) is 0 Å². The molecule has 0 bridgehead atoms. The van der Waals surface area contributed by atoms with Crippen LogP contribution in [0.5, 0.6) is 0 Å². The Bertz CT molecular complexity index is 596. The number of hydrogen-bond donors (Lipinski definition) is 2. The van der Waals surface area contributed by atoms with Crippen LogP contribution in [-0.2, 0) is 14.3 Å². The van der Waals surface area contributed by atoms with Crippen LogP contribution in [-0.4, -0.2) is 30.3 Å². The normalized spacial score (nSPS) is 13.8. The molecule has 2 N–H and O–H groups in total. The van der Waals surface area contributed by atoms with Crippen molar-refractivity contribution in [1.82, 2.24) is 5.32 Å². The van der Waals surface area contributed by atoms with Crippen LogP contribution >= 0.6 is 11.6 Å². The number of ether oxygens (including phenoxy) is 1. The van der Waals surface area contributed by atoms with E-state index >= 15 is 0 Å². The van der Waals surface area contributed by atoms with E-state index < -0.39 is 23.7 Å². The van der Waals surface area contributed by atoms with Crippen molar-refractivity contribution in [3.05, 3.63) is 29.3 Å². The molecule has 24 heavy (non-hydrogen) atoms. The summed E-state index contributed by atoms with van der Waals surface area (Å²) in [4.78, 5) is 23.9. The molecule has 0 fully saturated rings. The molecular weight excluding hydrogens is 349 g/mol. The summed E-state index contributed by atoms with van der Waals surface area (Å²) in [6, 6.07) is 5.56. The number of alkyl halides is 3.